The molecule has 7 heteroatoms. The van der Waals surface area contributed by atoms with Gasteiger partial charge in [0.25, 0.3) is 0 Å². The maximum absolute atomic E-state index is 11.3. The van der Waals surface area contributed by atoms with Crippen LogP contribution in [0.4, 0.5) is 0 Å². The largest absolute Gasteiger partial charge is 0.476 e. The van der Waals surface area contributed by atoms with E-state index >= 15 is 0 Å². The molecule has 0 unspecified atom stereocenters. The number of carboxylic acids is 1. The second-order valence-corrected chi connectivity index (χ2v) is 8.52. The average Bonchev–Trinajstić information content (AvgIpc) is 3.40. The van der Waals surface area contributed by atoms with E-state index in [0.717, 1.165) is 18.3 Å². The van der Waals surface area contributed by atoms with Gasteiger partial charge in [0.2, 0.25) is 0 Å². The van der Waals surface area contributed by atoms with Crippen LogP contribution in [-0.2, 0) is 13.5 Å². The van der Waals surface area contributed by atoms with E-state index in [4.69, 9.17) is 0 Å². The maximum atomic E-state index is 11.3. The monoisotopic (exact) mass is 337 g/mol. The summed E-state index contributed by atoms with van der Waals surface area (Å²) >= 11 is 2.14. The number of aldehydes is 1. The molecule has 3 rings (SSSR count). The Morgan fingerprint density at radius 3 is 2.74 bits per heavy atom. The van der Waals surface area contributed by atoms with Crippen molar-refractivity contribution in [3.63, 3.8) is 0 Å². The van der Waals surface area contributed by atoms with E-state index in [-0.39, 0.29) is 5.69 Å². The van der Waals surface area contributed by atoms with Crippen molar-refractivity contribution in [1.29, 1.82) is 0 Å². The number of hydrogen-bond acceptors (Lipinski definition) is 5. The minimum atomic E-state index is -1.07. The van der Waals surface area contributed by atoms with Crippen molar-refractivity contribution in [3.05, 3.63) is 17.0 Å². The number of likely N-dealkylation sites (N-methyl/N-ethyl adjacent to an activating group) is 1. The predicted molar refractivity (Wildman–Crippen MR) is 89.3 cm³/mol. The summed E-state index contributed by atoms with van der Waals surface area (Å²) < 4.78 is 1.78. The summed E-state index contributed by atoms with van der Waals surface area (Å²) in [5, 5.41) is 14.1. The quantitative estimate of drug-likeness (QED) is 0.693. The van der Waals surface area contributed by atoms with Crippen molar-refractivity contribution in [3.8, 4) is 0 Å². The lowest BCUT2D eigenvalue weighted by Crippen LogP contribution is -2.31. The minimum absolute atomic E-state index is 0.00325. The molecule has 2 aliphatic carbocycles. The summed E-state index contributed by atoms with van der Waals surface area (Å²) in [6.45, 7) is 1.77. The average molecular weight is 337 g/mol. The van der Waals surface area contributed by atoms with Crippen LogP contribution >= 0.6 is 11.8 Å². The van der Waals surface area contributed by atoms with E-state index in [1.807, 2.05) is 0 Å². The van der Waals surface area contributed by atoms with Gasteiger partial charge >= 0.3 is 5.97 Å². The van der Waals surface area contributed by atoms with Crippen LogP contribution < -0.4 is 0 Å². The smallest absolute Gasteiger partial charge is 0.356 e. The van der Waals surface area contributed by atoms with Crippen molar-refractivity contribution >= 4 is 24.0 Å². The second-order valence-electron chi connectivity index (χ2n) is 6.75. The highest BCUT2D eigenvalue weighted by Crippen LogP contribution is 2.55. The standard InChI is InChI=1S/C16H23N3O3S/c1-18(10-16(6-7-16)23-11-3-4-11)8-5-12-13(9-20)19(2)17-14(12)15(21)22/h9,11H,3-8,10H2,1-2H3,(H,21,22). The number of rotatable bonds is 9. The van der Waals surface area contributed by atoms with E-state index in [1.165, 1.54) is 30.4 Å². The van der Waals surface area contributed by atoms with Crippen molar-refractivity contribution < 1.29 is 14.7 Å². The number of thioether (sulfide) groups is 1. The Bertz CT molecular complexity index is 620. The molecule has 2 aliphatic rings. The second kappa shape index (κ2) is 6.28. The molecule has 0 atom stereocenters. The van der Waals surface area contributed by atoms with Crippen molar-refractivity contribution in [1.82, 2.24) is 14.7 Å². The maximum Gasteiger partial charge on any atom is 0.356 e. The third-order valence-electron chi connectivity index (χ3n) is 4.56. The third kappa shape index (κ3) is 3.77. The van der Waals surface area contributed by atoms with E-state index < -0.39 is 5.97 Å². The number of aryl methyl sites for hydroxylation is 1. The van der Waals surface area contributed by atoms with E-state index in [9.17, 15) is 14.7 Å². The van der Waals surface area contributed by atoms with E-state index in [1.54, 1.807) is 7.05 Å². The molecular weight excluding hydrogens is 314 g/mol. The van der Waals surface area contributed by atoms with Crippen LogP contribution in [0.5, 0.6) is 0 Å². The lowest BCUT2D eigenvalue weighted by Gasteiger charge is -2.23. The first kappa shape index (κ1) is 16.5. The first-order valence-corrected chi connectivity index (χ1v) is 8.93. The molecule has 1 aromatic heterocycles. The topological polar surface area (TPSA) is 75.4 Å². The van der Waals surface area contributed by atoms with Crippen LogP contribution in [0.1, 0.15) is 52.2 Å². The molecule has 23 heavy (non-hydrogen) atoms. The van der Waals surface area contributed by atoms with Crippen LogP contribution in [0.2, 0.25) is 0 Å². The lowest BCUT2D eigenvalue weighted by atomic mass is 10.1. The zero-order valence-corrected chi connectivity index (χ0v) is 14.4. The molecule has 0 aliphatic heterocycles. The number of hydrogen-bond donors (Lipinski definition) is 1. The zero-order valence-electron chi connectivity index (χ0n) is 13.6. The molecule has 0 saturated heterocycles. The molecule has 126 valence electrons. The van der Waals surface area contributed by atoms with Gasteiger partial charge in [0, 0.05) is 35.7 Å². The van der Waals surface area contributed by atoms with Crippen LogP contribution in [0.3, 0.4) is 0 Å². The van der Waals surface area contributed by atoms with Crippen molar-refractivity contribution in [2.24, 2.45) is 7.05 Å². The fraction of sp³-hybridized carbons (Fsp3) is 0.688. The molecule has 1 N–H and O–H groups in total. The Hall–Kier alpha value is -1.34. The third-order valence-corrected chi connectivity index (χ3v) is 6.40. The fourth-order valence-electron chi connectivity index (χ4n) is 3.01. The van der Waals surface area contributed by atoms with E-state index in [0.29, 0.717) is 28.7 Å². The summed E-state index contributed by atoms with van der Waals surface area (Å²) in [4.78, 5) is 24.8. The number of carbonyl (C=O) groups is 2. The van der Waals surface area contributed by atoms with Crippen LogP contribution in [0, 0.1) is 0 Å². The summed E-state index contributed by atoms with van der Waals surface area (Å²) in [5.41, 5.74) is 0.905. The number of carboxylic acid groups (broad SMARTS) is 1. The summed E-state index contributed by atoms with van der Waals surface area (Å²) in [6.07, 6.45) is 6.51. The number of aromatic carboxylic acids is 1. The molecule has 0 radical (unpaired) electrons. The van der Waals surface area contributed by atoms with Gasteiger partial charge < -0.3 is 10.0 Å². The zero-order chi connectivity index (χ0) is 16.6. The normalized spacial score (nSPS) is 19.1. The highest BCUT2D eigenvalue weighted by molar-refractivity contribution is 8.01. The number of carbonyl (C=O) groups excluding carboxylic acids is 1. The van der Waals surface area contributed by atoms with Gasteiger partial charge in [-0.15, -0.1) is 0 Å². The Morgan fingerprint density at radius 1 is 1.52 bits per heavy atom. The van der Waals surface area contributed by atoms with Gasteiger partial charge in [0.15, 0.2) is 12.0 Å². The van der Waals surface area contributed by atoms with Gasteiger partial charge in [0.1, 0.15) is 5.69 Å². The Balaban J connectivity index is 1.61. The summed E-state index contributed by atoms with van der Waals surface area (Å²) in [7, 11) is 3.68. The Morgan fingerprint density at radius 2 is 2.22 bits per heavy atom. The molecule has 0 amide bonds. The Labute approximate surface area is 140 Å². The molecule has 1 heterocycles. The molecule has 0 spiro atoms. The van der Waals surface area contributed by atoms with Gasteiger partial charge in [-0.1, -0.05) is 0 Å². The molecule has 2 fully saturated rings. The minimum Gasteiger partial charge on any atom is -0.476 e. The van der Waals surface area contributed by atoms with Crippen LogP contribution in [0.25, 0.3) is 0 Å². The van der Waals surface area contributed by atoms with Gasteiger partial charge in [-0.2, -0.15) is 16.9 Å². The van der Waals surface area contributed by atoms with E-state index in [2.05, 4.69) is 28.8 Å². The van der Waals surface area contributed by atoms with Gasteiger partial charge in [-0.25, -0.2) is 4.79 Å². The highest BCUT2D eigenvalue weighted by Gasteiger charge is 2.47. The lowest BCUT2D eigenvalue weighted by molar-refractivity contribution is 0.0688. The highest BCUT2D eigenvalue weighted by atomic mass is 32.2. The fourth-order valence-corrected chi connectivity index (χ4v) is 4.72. The van der Waals surface area contributed by atoms with Gasteiger partial charge in [-0.3, -0.25) is 9.48 Å². The molecule has 2 saturated carbocycles. The van der Waals surface area contributed by atoms with Gasteiger partial charge in [0.05, 0.1) is 0 Å². The summed E-state index contributed by atoms with van der Waals surface area (Å²) in [5.74, 6) is -1.07. The van der Waals surface area contributed by atoms with Crippen molar-refractivity contribution in [2.45, 2.75) is 42.1 Å². The van der Waals surface area contributed by atoms with Crippen LogP contribution in [0.15, 0.2) is 0 Å². The SMILES string of the molecule is CN(CCc1c(C(=O)O)nn(C)c1C=O)CC1(SC2CC2)CC1. The molecular formula is C16H23N3O3S. The molecule has 0 aromatic carbocycles. The molecule has 6 nitrogen and oxygen atoms in total. The van der Waals surface area contributed by atoms with Crippen molar-refractivity contribution in [2.75, 3.05) is 20.1 Å². The number of aromatic nitrogens is 2. The first-order chi connectivity index (χ1) is 10.9. The predicted octanol–water partition coefficient (Wildman–Crippen LogP) is 1.83. The Kier molecular flexibility index (Phi) is 4.51. The molecule has 0 bridgehead atoms. The molecule has 1 aromatic rings. The summed E-state index contributed by atoms with van der Waals surface area (Å²) in [6, 6.07) is 0. The first-order valence-electron chi connectivity index (χ1n) is 8.05. The van der Waals surface area contributed by atoms with Crippen LogP contribution in [-0.4, -0.2) is 62.2 Å². The van der Waals surface area contributed by atoms with Gasteiger partial charge in [-0.05, 0) is 39.2 Å². The number of nitrogens with zero attached hydrogens (tertiary/aromatic N) is 3.